The minimum atomic E-state index is -4.57. The third-order valence-electron chi connectivity index (χ3n) is 9.71. The molecule has 1 atom stereocenters. The summed E-state index contributed by atoms with van der Waals surface area (Å²) in [5, 5.41) is 2.25. The van der Waals surface area contributed by atoms with Gasteiger partial charge in [-0.1, -0.05) is 75.6 Å². The van der Waals surface area contributed by atoms with Gasteiger partial charge in [0.15, 0.2) is 0 Å². The number of benzene rings is 5. The number of rotatable bonds is 8. The van der Waals surface area contributed by atoms with Crippen molar-refractivity contribution in [3.63, 3.8) is 0 Å². The Labute approximate surface area is 281 Å². The Kier molecular flexibility index (Phi) is 8.23. The fourth-order valence-electron chi connectivity index (χ4n) is 7.05. The Morgan fingerprint density at radius 3 is 1.74 bits per heavy atom. The number of hydrogen-bond acceptors (Lipinski definition) is 3. The van der Waals surface area contributed by atoms with Gasteiger partial charge in [-0.25, -0.2) is 0 Å². The van der Waals surface area contributed by atoms with Crippen molar-refractivity contribution in [2.24, 2.45) is 5.92 Å². The highest BCUT2D eigenvalue weighted by molar-refractivity contribution is 6.32. The minimum absolute atomic E-state index is 0.0382. The topological polar surface area (TPSA) is 52.2 Å². The van der Waals surface area contributed by atoms with E-state index in [-0.39, 0.29) is 28.8 Å². The molecule has 0 aliphatic carbocycles. The van der Waals surface area contributed by atoms with Crippen LogP contribution in [0.15, 0.2) is 98.9 Å². The molecular weight excluding hydrogens is 656 g/mol. The van der Waals surface area contributed by atoms with Gasteiger partial charge in [-0.05, 0) is 71.5 Å². The lowest BCUT2D eigenvalue weighted by molar-refractivity contribution is -0.138. The lowest BCUT2D eigenvalue weighted by atomic mass is 9.87. The van der Waals surface area contributed by atoms with Crippen LogP contribution in [-0.4, -0.2) is 4.57 Å². The molecule has 0 amide bonds. The van der Waals surface area contributed by atoms with E-state index in [1.54, 1.807) is 36.4 Å². The molecule has 2 aromatic heterocycles. The zero-order valence-electron chi connectivity index (χ0n) is 27.1. The van der Waals surface area contributed by atoms with Crippen LogP contribution in [0.5, 0.6) is 0 Å². The first-order valence-electron chi connectivity index (χ1n) is 16.5. The number of halogens is 6. The highest BCUT2D eigenvalue weighted by atomic mass is 19.4. The van der Waals surface area contributed by atoms with E-state index in [1.807, 2.05) is 6.92 Å². The molecule has 2 heterocycles. The quantitative estimate of drug-likeness (QED) is 0.0908. The van der Waals surface area contributed by atoms with E-state index in [4.69, 9.17) is 4.42 Å². The SMILES string of the molecule is CCCCC(CC)Cn1c(=O)c2cc(-c3ccc(C(F)(F)F)cc3)c3oc4ccccc4c4c(-c5ccc(C(F)(F)F)cc5)cc(c1=O)c2c34. The van der Waals surface area contributed by atoms with E-state index in [0.29, 0.717) is 49.4 Å². The first-order chi connectivity index (χ1) is 23.8. The summed E-state index contributed by atoms with van der Waals surface area (Å²) in [7, 11) is 0. The molecule has 10 heteroatoms. The van der Waals surface area contributed by atoms with E-state index in [0.717, 1.165) is 49.9 Å². The van der Waals surface area contributed by atoms with Crippen molar-refractivity contribution >= 4 is 43.5 Å². The molecule has 0 N–H and O–H groups in total. The van der Waals surface area contributed by atoms with Crippen LogP contribution in [0.2, 0.25) is 0 Å². The second-order valence-electron chi connectivity index (χ2n) is 12.8. The van der Waals surface area contributed by atoms with Gasteiger partial charge in [0.2, 0.25) is 0 Å². The molecule has 7 aromatic rings. The largest absolute Gasteiger partial charge is 0.455 e. The fraction of sp³-hybridized carbons (Fsp3) is 0.250. The molecule has 0 aliphatic rings. The van der Waals surface area contributed by atoms with E-state index in [1.165, 1.54) is 28.8 Å². The molecule has 0 spiro atoms. The summed E-state index contributed by atoms with van der Waals surface area (Å²) in [6.45, 7) is 4.23. The van der Waals surface area contributed by atoms with Crippen molar-refractivity contribution < 1.29 is 30.8 Å². The average Bonchev–Trinajstić information content (AvgIpc) is 3.10. The Morgan fingerprint density at radius 2 is 1.20 bits per heavy atom. The summed E-state index contributed by atoms with van der Waals surface area (Å²) in [4.78, 5) is 28.8. The first kappa shape index (κ1) is 33.4. The molecule has 0 bridgehead atoms. The van der Waals surface area contributed by atoms with Gasteiger partial charge in [0.1, 0.15) is 11.2 Å². The van der Waals surface area contributed by atoms with E-state index < -0.39 is 34.6 Å². The van der Waals surface area contributed by atoms with Gasteiger partial charge in [0.25, 0.3) is 11.1 Å². The molecule has 50 heavy (non-hydrogen) atoms. The van der Waals surface area contributed by atoms with E-state index in [2.05, 4.69) is 6.92 Å². The number of nitrogens with zero attached hydrogens (tertiary/aromatic N) is 1. The number of hydrogen-bond donors (Lipinski definition) is 0. The third kappa shape index (κ3) is 5.60. The monoisotopic (exact) mass is 687 g/mol. The number of fused-ring (bicyclic) bond motifs is 2. The second-order valence-corrected chi connectivity index (χ2v) is 12.8. The van der Waals surface area contributed by atoms with Gasteiger partial charge < -0.3 is 4.42 Å². The zero-order valence-corrected chi connectivity index (χ0v) is 27.1. The molecule has 4 nitrogen and oxygen atoms in total. The molecule has 0 saturated heterocycles. The Bertz CT molecular complexity index is 2460. The molecular formula is C40H31F6NO3. The van der Waals surface area contributed by atoms with Gasteiger partial charge >= 0.3 is 12.4 Å². The molecule has 0 radical (unpaired) electrons. The summed E-state index contributed by atoms with van der Waals surface area (Å²) in [5.74, 6) is 0.0382. The summed E-state index contributed by atoms with van der Waals surface area (Å²) in [5.41, 5.74) is -0.544. The van der Waals surface area contributed by atoms with Crippen LogP contribution in [0.25, 0.3) is 65.7 Å². The summed E-state index contributed by atoms with van der Waals surface area (Å²) < 4.78 is 89.1. The molecule has 7 rings (SSSR count). The van der Waals surface area contributed by atoms with E-state index in [9.17, 15) is 35.9 Å². The molecule has 1 unspecified atom stereocenters. The molecule has 0 aliphatic heterocycles. The normalized spacial score (nSPS) is 13.3. The highest BCUT2D eigenvalue weighted by Gasteiger charge is 2.32. The summed E-state index contributed by atoms with van der Waals surface area (Å²) in [6, 6.07) is 19.4. The number of pyridine rings is 1. The molecule has 256 valence electrons. The predicted molar refractivity (Wildman–Crippen MR) is 185 cm³/mol. The van der Waals surface area contributed by atoms with Crippen molar-refractivity contribution in [1.82, 2.24) is 4.57 Å². The van der Waals surface area contributed by atoms with Gasteiger partial charge in [-0.15, -0.1) is 0 Å². The lowest BCUT2D eigenvalue weighted by Crippen LogP contribution is -2.35. The van der Waals surface area contributed by atoms with Crippen LogP contribution in [0.1, 0.15) is 50.7 Å². The Morgan fingerprint density at radius 1 is 0.660 bits per heavy atom. The number of alkyl halides is 6. The maximum Gasteiger partial charge on any atom is 0.416 e. The fourth-order valence-corrected chi connectivity index (χ4v) is 7.05. The lowest BCUT2D eigenvalue weighted by Gasteiger charge is -2.21. The number of para-hydroxylation sites is 1. The van der Waals surface area contributed by atoms with Crippen molar-refractivity contribution in [3.05, 3.63) is 117 Å². The minimum Gasteiger partial charge on any atom is -0.455 e. The van der Waals surface area contributed by atoms with Crippen molar-refractivity contribution in [2.45, 2.75) is 58.4 Å². The average molecular weight is 688 g/mol. The van der Waals surface area contributed by atoms with Crippen LogP contribution in [0.3, 0.4) is 0 Å². The molecule has 0 fully saturated rings. The highest BCUT2D eigenvalue weighted by Crippen LogP contribution is 2.46. The maximum absolute atomic E-state index is 14.4. The predicted octanol–water partition coefficient (Wildman–Crippen LogP) is 11.4. The maximum atomic E-state index is 14.4. The summed E-state index contributed by atoms with van der Waals surface area (Å²) >= 11 is 0. The van der Waals surface area contributed by atoms with Gasteiger partial charge in [0.05, 0.1) is 11.1 Å². The second kappa shape index (κ2) is 12.3. The molecule has 0 saturated carbocycles. The van der Waals surface area contributed by atoms with Crippen molar-refractivity contribution in [3.8, 4) is 22.3 Å². The number of unbranched alkanes of at least 4 members (excludes halogenated alkanes) is 1. The first-order valence-corrected chi connectivity index (χ1v) is 16.5. The smallest absolute Gasteiger partial charge is 0.416 e. The summed E-state index contributed by atoms with van der Waals surface area (Å²) in [6.07, 6.45) is -5.73. The van der Waals surface area contributed by atoms with Gasteiger partial charge in [0, 0.05) is 44.4 Å². The zero-order chi connectivity index (χ0) is 35.5. The van der Waals surface area contributed by atoms with Crippen LogP contribution in [-0.2, 0) is 18.9 Å². The standard InChI is InChI=1S/C40H31F6NO3/c1-3-5-8-22(4-2)21-47-37(48)30-19-28(23-11-15-25(16-12-23)39(41,42)43)33-27-9-6-7-10-32(27)50-36-29(20-31(38(47)49)34(30)35(33)36)24-13-17-26(18-14-24)40(44,45)46/h6-7,9-20,22H,3-5,8,21H2,1-2H3. The van der Waals surface area contributed by atoms with Crippen LogP contribution < -0.4 is 11.1 Å². The van der Waals surface area contributed by atoms with Crippen LogP contribution in [0.4, 0.5) is 26.3 Å². The van der Waals surface area contributed by atoms with Crippen molar-refractivity contribution in [1.29, 1.82) is 0 Å². The molecule has 5 aromatic carbocycles. The Balaban J connectivity index is 1.65. The van der Waals surface area contributed by atoms with E-state index >= 15 is 0 Å². The van der Waals surface area contributed by atoms with Crippen molar-refractivity contribution in [2.75, 3.05) is 0 Å². The van der Waals surface area contributed by atoms with Gasteiger partial charge in [-0.3, -0.25) is 14.2 Å². The van der Waals surface area contributed by atoms with Crippen LogP contribution in [0, 0.1) is 5.92 Å². The number of aromatic nitrogens is 1. The third-order valence-corrected chi connectivity index (χ3v) is 9.71. The Hall–Kier alpha value is -5.12. The van der Waals surface area contributed by atoms with Gasteiger partial charge in [-0.2, -0.15) is 26.3 Å². The van der Waals surface area contributed by atoms with Crippen LogP contribution >= 0.6 is 0 Å².